The zero-order chi connectivity index (χ0) is 16.9. The fourth-order valence-electron chi connectivity index (χ4n) is 4.72. The average Bonchev–Trinajstić information content (AvgIpc) is 2.71. The molecule has 4 rings (SSSR count). The molecule has 2 nitrogen and oxygen atoms in total. The van der Waals surface area contributed by atoms with Crippen LogP contribution < -0.4 is 5.32 Å². The predicted octanol–water partition coefficient (Wildman–Crippen LogP) is 5.72. The minimum atomic E-state index is 0. The smallest absolute Gasteiger partial charge is 0.0377 e. The van der Waals surface area contributed by atoms with Crippen molar-refractivity contribution >= 4 is 24.8 Å². The normalized spacial score (nSPS) is 19.6. The lowest BCUT2D eigenvalue weighted by molar-refractivity contribution is 0.103. The van der Waals surface area contributed by atoms with Gasteiger partial charge in [0.1, 0.15) is 0 Å². The van der Waals surface area contributed by atoms with Crippen molar-refractivity contribution in [1.82, 2.24) is 10.2 Å². The van der Waals surface area contributed by atoms with Crippen LogP contribution in [0.4, 0.5) is 0 Å². The number of nitrogens with one attached hydrogen (secondary N) is 1. The van der Waals surface area contributed by atoms with Crippen LogP contribution in [0.15, 0.2) is 54.6 Å². The lowest BCUT2D eigenvalue weighted by atomic mass is 9.79. The van der Waals surface area contributed by atoms with E-state index in [4.69, 9.17) is 0 Å². The number of rotatable bonds is 4. The summed E-state index contributed by atoms with van der Waals surface area (Å²) < 4.78 is 0. The highest BCUT2D eigenvalue weighted by Gasteiger charge is 2.30. The number of benzene rings is 2. The predicted molar refractivity (Wildman–Crippen MR) is 120 cm³/mol. The summed E-state index contributed by atoms with van der Waals surface area (Å²) in [6.07, 6.45) is 7.03. The molecular formula is C23H32Cl2N2. The first-order valence-corrected chi connectivity index (χ1v) is 10.0. The molecule has 2 aromatic carbocycles. The lowest BCUT2D eigenvalue weighted by Gasteiger charge is -2.41. The van der Waals surface area contributed by atoms with Crippen molar-refractivity contribution in [2.45, 2.75) is 38.1 Å². The highest BCUT2D eigenvalue weighted by Crippen LogP contribution is 2.39. The standard InChI is InChI=1S/C23H30N2.2ClH/c1-3-8-19(9-4-1)21-12-7-13-22(18-21)23(20-10-5-2-6-11-20)25-16-14-24-15-17-25;;/h1,3-4,7-9,12-13,18,20,23-24H,2,5-6,10-11,14-17H2;2*1H/t23-;;/m1../s1. The van der Waals surface area contributed by atoms with Crippen LogP contribution in [-0.4, -0.2) is 31.1 Å². The summed E-state index contributed by atoms with van der Waals surface area (Å²) in [5.41, 5.74) is 4.20. The third-order valence-electron chi connectivity index (χ3n) is 5.98. The van der Waals surface area contributed by atoms with Crippen LogP contribution in [0.5, 0.6) is 0 Å². The van der Waals surface area contributed by atoms with Gasteiger partial charge in [-0.1, -0.05) is 67.8 Å². The van der Waals surface area contributed by atoms with Gasteiger partial charge in [-0.25, -0.2) is 0 Å². The molecule has 1 atom stereocenters. The Hall–Kier alpha value is -1.06. The van der Waals surface area contributed by atoms with Crippen molar-refractivity contribution in [2.24, 2.45) is 5.92 Å². The van der Waals surface area contributed by atoms with Crippen molar-refractivity contribution in [3.8, 4) is 11.1 Å². The maximum atomic E-state index is 3.52. The molecule has 1 aliphatic heterocycles. The van der Waals surface area contributed by atoms with Gasteiger partial charge >= 0.3 is 0 Å². The first kappa shape index (κ1) is 22.2. The third kappa shape index (κ3) is 5.48. The van der Waals surface area contributed by atoms with Crippen LogP contribution >= 0.6 is 24.8 Å². The Bertz CT molecular complexity index is 647. The molecule has 0 bridgehead atoms. The zero-order valence-electron chi connectivity index (χ0n) is 16.0. The highest BCUT2D eigenvalue weighted by atomic mass is 35.5. The molecule has 27 heavy (non-hydrogen) atoms. The van der Waals surface area contributed by atoms with Gasteiger partial charge in [-0.2, -0.15) is 0 Å². The van der Waals surface area contributed by atoms with E-state index in [0.717, 1.165) is 19.0 Å². The molecule has 1 aliphatic carbocycles. The fraction of sp³-hybridized carbons (Fsp3) is 0.478. The van der Waals surface area contributed by atoms with E-state index in [0.29, 0.717) is 6.04 Å². The quantitative estimate of drug-likeness (QED) is 0.697. The van der Waals surface area contributed by atoms with E-state index >= 15 is 0 Å². The Balaban J connectivity index is 0.00000131. The molecule has 148 valence electrons. The molecule has 1 saturated heterocycles. The van der Waals surface area contributed by atoms with Crippen LogP contribution in [0.3, 0.4) is 0 Å². The lowest BCUT2D eigenvalue weighted by Crippen LogP contribution is -2.47. The second-order valence-corrected chi connectivity index (χ2v) is 7.62. The molecule has 1 heterocycles. The van der Waals surface area contributed by atoms with Gasteiger partial charge in [0.2, 0.25) is 0 Å². The number of piperazine rings is 1. The molecule has 2 fully saturated rings. The monoisotopic (exact) mass is 406 g/mol. The van der Waals surface area contributed by atoms with Gasteiger partial charge in [0.05, 0.1) is 0 Å². The van der Waals surface area contributed by atoms with Gasteiger partial charge in [0.15, 0.2) is 0 Å². The van der Waals surface area contributed by atoms with Crippen LogP contribution in [0.1, 0.15) is 43.7 Å². The zero-order valence-corrected chi connectivity index (χ0v) is 17.6. The summed E-state index contributed by atoms with van der Waals surface area (Å²) in [4.78, 5) is 2.75. The summed E-state index contributed by atoms with van der Waals surface area (Å²) in [6, 6.07) is 20.7. The summed E-state index contributed by atoms with van der Waals surface area (Å²) in [7, 11) is 0. The van der Waals surface area contributed by atoms with Crippen molar-refractivity contribution in [3.05, 3.63) is 60.2 Å². The molecule has 2 aromatic rings. The second-order valence-electron chi connectivity index (χ2n) is 7.62. The van der Waals surface area contributed by atoms with Gasteiger partial charge in [-0.3, -0.25) is 4.90 Å². The molecule has 1 saturated carbocycles. The molecule has 1 N–H and O–H groups in total. The summed E-state index contributed by atoms with van der Waals surface area (Å²) in [6.45, 7) is 4.61. The first-order chi connectivity index (χ1) is 12.4. The minimum Gasteiger partial charge on any atom is -0.314 e. The Morgan fingerprint density at radius 2 is 1.44 bits per heavy atom. The Labute approximate surface area is 176 Å². The molecule has 0 amide bonds. The Kier molecular flexibility index (Phi) is 9.11. The summed E-state index contributed by atoms with van der Waals surface area (Å²) >= 11 is 0. The molecule has 4 heteroatoms. The van der Waals surface area contributed by atoms with Crippen molar-refractivity contribution in [3.63, 3.8) is 0 Å². The van der Waals surface area contributed by atoms with E-state index in [-0.39, 0.29) is 24.8 Å². The maximum Gasteiger partial charge on any atom is 0.0377 e. The number of hydrogen-bond acceptors (Lipinski definition) is 2. The highest BCUT2D eigenvalue weighted by molar-refractivity contribution is 5.85. The van der Waals surface area contributed by atoms with Crippen molar-refractivity contribution in [1.29, 1.82) is 0 Å². The van der Waals surface area contributed by atoms with E-state index < -0.39 is 0 Å². The van der Waals surface area contributed by atoms with E-state index in [9.17, 15) is 0 Å². The largest absolute Gasteiger partial charge is 0.314 e. The first-order valence-electron chi connectivity index (χ1n) is 10.0. The summed E-state index contributed by atoms with van der Waals surface area (Å²) in [5, 5.41) is 3.52. The fourth-order valence-corrected chi connectivity index (χ4v) is 4.72. The van der Waals surface area contributed by atoms with Crippen molar-refractivity contribution < 1.29 is 0 Å². The van der Waals surface area contributed by atoms with Crippen molar-refractivity contribution in [2.75, 3.05) is 26.2 Å². The Morgan fingerprint density at radius 1 is 0.778 bits per heavy atom. The SMILES string of the molecule is Cl.Cl.c1ccc(-c2cccc([C@@H](C3CCCCC3)N3CCNCC3)c2)cc1. The Morgan fingerprint density at radius 3 is 2.15 bits per heavy atom. The molecular weight excluding hydrogens is 375 g/mol. The van der Waals surface area contributed by atoms with Gasteiger partial charge < -0.3 is 5.32 Å². The van der Waals surface area contributed by atoms with Gasteiger partial charge in [0.25, 0.3) is 0 Å². The number of halogens is 2. The molecule has 0 spiro atoms. The molecule has 0 unspecified atom stereocenters. The van der Waals surface area contributed by atoms with Gasteiger partial charge in [-0.05, 0) is 41.5 Å². The second kappa shape index (κ2) is 11.1. The molecule has 0 aromatic heterocycles. The molecule has 0 radical (unpaired) electrons. The number of hydrogen-bond donors (Lipinski definition) is 1. The maximum absolute atomic E-state index is 3.52. The third-order valence-corrected chi connectivity index (χ3v) is 5.98. The minimum absolute atomic E-state index is 0. The van der Waals surface area contributed by atoms with Crippen LogP contribution in [0.25, 0.3) is 11.1 Å². The van der Waals surface area contributed by atoms with E-state index in [1.165, 1.54) is 61.9 Å². The van der Waals surface area contributed by atoms with E-state index in [2.05, 4.69) is 64.8 Å². The molecule has 2 aliphatic rings. The van der Waals surface area contributed by atoms with Crippen LogP contribution in [0.2, 0.25) is 0 Å². The van der Waals surface area contributed by atoms with Crippen LogP contribution in [0, 0.1) is 5.92 Å². The average molecular weight is 407 g/mol. The van der Waals surface area contributed by atoms with Gasteiger partial charge in [-0.15, -0.1) is 24.8 Å². The van der Waals surface area contributed by atoms with Gasteiger partial charge in [0, 0.05) is 32.2 Å². The topological polar surface area (TPSA) is 15.3 Å². The van der Waals surface area contributed by atoms with Crippen LogP contribution in [-0.2, 0) is 0 Å². The van der Waals surface area contributed by atoms with E-state index in [1.807, 2.05) is 0 Å². The van der Waals surface area contributed by atoms with E-state index in [1.54, 1.807) is 0 Å². The summed E-state index contributed by atoms with van der Waals surface area (Å²) in [5.74, 6) is 0.817. The number of nitrogens with zero attached hydrogens (tertiary/aromatic N) is 1.